The van der Waals surface area contributed by atoms with Crippen molar-refractivity contribution in [3.05, 3.63) is 104 Å². The number of methoxy groups -OCH3 is 1. The van der Waals surface area contributed by atoms with Crippen LogP contribution in [0.3, 0.4) is 0 Å². The highest BCUT2D eigenvalue weighted by atomic mass is 35.5. The predicted octanol–water partition coefficient (Wildman–Crippen LogP) is 7.04. The summed E-state index contributed by atoms with van der Waals surface area (Å²) < 4.78 is 7.83. The molecule has 1 saturated heterocycles. The second-order valence-electron chi connectivity index (χ2n) is 9.75. The smallest absolute Gasteiger partial charge is 0.301 e. The number of aliphatic hydroxyl groups is 1. The maximum absolute atomic E-state index is 13.7. The molecule has 0 radical (unpaired) electrons. The molecule has 1 N–H and O–H groups in total. The van der Waals surface area contributed by atoms with Crippen LogP contribution in [0.4, 0.5) is 5.13 Å². The average molecular weight is 653 g/mol. The van der Waals surface area contributed by atoms with E-state index in [-0.39, 0.29) is 22.2 Å². The van der Waals surface area contributed by atoms with Crippen LogP contribution in [0.5, 0.6) is 5.75 Å². The number of halogens is 2. The summed E-state index contributed by atoms with van der Waals surface area (Å²) in [6, 6.07) is 15.0. The summed E-state index contributed by atoms with van der Waals surface area (Å²) in [5.41, 5.74) is 3.70. The highest BCUT2D eigenvalue weighted by molar-refractivity contribution is 8.00. The third kappa shape index (κ3) is 5.27. The van der Waals surface area contributed by atoms with Gasteiger partial charge in [0.15, 0.2) is 10.1 Å². The van der Waals surface area contributed by atoms with Gasteiger partial charge in [-0.1, -0.05) is 70.6 Å². The number of ether oxygens (including phenoxy) is 1. The van der Waals surface area contributed by atoms with Crippen LogP contribution in [0.15, 0.2) is 70.7 Å². The van der Waals surface area contributed by atoms with Crippen molar-refractivity contribution in [1.29, 1.82) is 0 Å². The number of anilines is 1. The van der Waals surface area contributed by atoms with E-state index in [1.165, 1.54) is 23.8 Å². The lowest BCUT2D eigenvalue weighted by Gasteiger charge is -2.22. The Bertz CT molecular complexity index is 1950. The van der Waals surface area contributed by atoms with E-state index in [9.17, 15) is 14.7 Å². The molecular weight excluding hydrogens is 629 g/mol. The predicted molar refractivity (Wildman–Crippen MR) is 168 cm³/mol. The molecule has 218 valence electrons. The fourth-order valence-corrected chi connectivity index (χ4v) is 7.39. The van der Waals surface area contributed by atoms with Gasteiger partial charge in [0.25, 0.3) is 5.78 Å². The largest absolute Gasteiger partial charge is 0.505 e. The number of benzene rings is 2. The van der Waals surface area contributed by atoms with E-state index in [4.69, 9.17) is 27.9 Å². The highest BCUT2D eigenvalue weighted by Gasteiger charge is 2.49. The van der Waals surface area contributed by atoms with E-state index in [1.54, 1.807) is 43.3 Å². The number of carbonyl (C=O) groups is 2. The molecule has 4 heterocycles. The molecule has 1 amide bonds. The lowest BCUT2D eigenvalue weighted by Crippen LogP contribution is -2.29. The van der Waals surface area contributed by atoms with Gasteiger partial charge in [-0.25, -0.2) is 4.98 Å². The Morgan fingerprint density at radius 2 is 1.91 bits per heavy atom. The summed E-state index contributed by atoms with van der Waals surface area (Å²) in [6.07, 6.45) is 1.83. The molecule has 1 atom stereocenters. The molecule has 0 spiro atoms. The third-order valence-electron chi connectivity index (χ3n) is 7.13. The zero-order valence-corrected chi connectivity index (χ0v) is 26.2. The second kappa shape index (κ2) is 11.6. The number of ketones is 1. The Hall–Kier alpha value is -3.90. The SMILES string of the molecule is COc1cccc(C2/C(=C(\O)c3nc4c(C)cccn4c3C)C(=O)C(=O)N2c2nnc(SCc3ccc(Cl)cc3Cl)s2)c1. The van der Waals surface area contributed by atoms with Crippen molar-refractivity contribution in [3.63, 3.8) is 0 Å². The second-order valence-corrected chi connectivity index (χ2v) is 12.8. The summed E-state index contributed by atoms with van der Waals surface area (Å²) in [5.74, 6) is -1.03. The quantitative estimate of drug-likeness (QED) is 0.0656. The number of pyridine rings is 1. The molecule has 5 aromatic rings. The number of aliphatic hydroxyl groups excluding tert-OH is 1. The first-order valence-electron chi connectivity index (χ1n) is 13.0. The van der Waals surface area contributed by atoms with E-state index in [0.717, 1.165) is 22.5 Å². The summed E-state index contributed by atoms with van der Waals surface area (Å²) in [7, 11) is 1.53. The van der Waals surface area contributed by atoms with Gasteiger partial charge in [-0.2, -0.15) is 0 Å². The molecule has 1 fully saturated rings. The Morgan fingerprint density at radius 3 is 2.65 bits per heavy atom. The van der Waals surface area contributed by atoms with Crippen molar-refractivity contribution >= 4 is 74.5 Å². The van der Waals surface area contributed by atoms with Crippen LogP contribution in [0.1, 0.15) is 34.1 Å². The number of fused-ring (bicyclic) bond motifs is 1. The van der Waals surface area contributed by atoms with Crippen LogP contribution < -0.4 is 9.64 Å². The number of aromatic nitrogens is 4. The van der Waals surface area contributed by atoms with E-state index in [2.05, 4.69) is 15.2 Å². The van der Waals surface area contributed by atoms with E-state index < -0.39 is 17.7 Å². The van der Waals surface area contributed by atoms with Crippen LogP contribution >= 0.6 is 46.3 Å². The van der Waals surface area contributed by atoms with Crippen LogP contribution in [-0.4, -0.2) is 43.5 Å². The lowest BCUT2D eigenvalue weighted by atomic mass is 9.96. The van der Waals surface area contributed by atoms with Crippen molar-refractivity contribution in [1.82, 2.24) is 19.6 Å². The Morgan fingerprint density at radius 1 is 1.09 bits per heavy atom. The van der Waals surface area contributed by atoms with Gasteiger partial charge in [-0.3, -0.25) is 14.5 Å². The average Bonchev–Trinajstić information content (AvgIpc) is 3.67. The Labute approximate surface area is 264 Å². The molecule has 43 heavy (non-hydrogen) atoms. The number of carbonyl (C=O) groups excluding carboxylic acids is 2. The standard InChI is InChI=1S/C30H23Cl2N5O4S2/c1-15-6-5-11-36-16(2)23(33-27(15)36)25(38)22-24(17-7-4-8-20(12-17)41-3)37(28(40)26(22)39)29-34-35-30(43-29)42-14-18-9-10-19(31)13-21(18)32/h4-13,24,38H,14H2,1-3H3/b25-22+. The van der Waals surface area contributed by atoms with Gasteiger partial charge in [-0.15, -0.1) is 10.2 Å². The van der Waals surface area contributed by atoms with E-state index >= 15 is 0 Å². The third-order valence-corrected chi connectivity index (χ3v) is 9.82. The number of nitrogens with zero attached hydrogens (tertiary/aromatic N) is 5. The number of amides is 1. The van der Waals surface area contributed by atoms with Crippen molar-refractivity contribution in [3.8, 4) is 5.75 Å². The van der Waals surface area contributed by atoms with Crippen LogP contribution in [0.2, 0.25) is 10.0 Å². The topological polar surface area (TPSA) is 110 Å². The monoisotopic (exact) mass is 651 g/mol. The van der Waals surface area contributed by atoms with Crippen LogP contribution in [0.25, 0.3) is 11.4 Å². The van der Waals surface area contributed by atoms with Gasteiger partial charge in [0, 0.05) is 22.0 Å². The molecule has 2 aromatic carbocycles. The van der Waals surface area contributed by atoms with Gasteiger partial charge < -0.3 is 14.2 Å². The molecule has 1 unspecified atom stereocenters. The van der Waals surface area contributed by atoms with Gasteiger partial charge in [0.2, 0.25) is 5.13 Å². The summed E-state index contributed by atoms with van der Waals surface area (Å²) >= 11 is 14.9. The molecule has 13 heteroatoms. The number of rotatable bonds is 7. The Kier molecular flexibility index (Phi) is 7.91. The first-order valence-corrected chi connectivity index (χ1v) is 15.5. The van der Waals surface area contributed by atoms with Gasteiger partial charge in [0.1, 0.15) is 17.1 Å². The summed E-state index contributed by atoms with van der Waals surface area (Å²) in [4.78, 5) is 33.2. The molecule has 0 saturated carbocycles. The number of thioether (sulfide) groups is 1. The maximum Gasteiger partial charge on any atom is 0.301 e. The van der Waals surface area contributed by atoms with Crippen molar-refractivity contribution in [2.24, 2.45) is 0 Å². The molecule has 1 aliphatic rings. The minimum Gasteiger partial charge on any atom is -0.505 e. The molecule has 9 nitrogen and oxygen atoms in total. The zero-order valence-electron chi connectivity index (χ0n) is 23.0. The molecule has 1 aliphatic heterocycles. The maximum atomic E-state index is 13.7. The summed E-state index contributed by atoms with van der Waals surface area (Å²) in [5, 5.41) is 21.5. The molecule has 3 aromatic heterocycles. The van der Waals surface area contributed by atoms with E-state index in [0.29, 0.717) is 42.8 Å². The fraction of sp³-hybridized carbons (Fsp3) is 0.167. The molecule has 6 rings (SSSR count). The number of hydrogen-bond donors (Lipinski definition) is 1. The zero-order chi connectivity index (χ0) is 30.4. The first-order chi connectivity index (χ1) is 20.7. The molecule has 0 bridgehead atoms. The van der Waals surface area contributed by atoms with Gasteiger partial charge >= 0.3 is 5.91 Å². The van der Waals surface area contributed by atoms with Crippen LogP contribution in [-0.2, 0) is 15.3 Å². The van der Waals surface area contributed by atoms with Crippen molar-refractivity contribution in [2.45, 2.75) is 30.0 Å². The first kappa shape index (κ1) is 29.2. The number of imidazole rings is 1. The van der Waals surface area contributed by atoms with Gasteiger partial charge in [-0.05, 0) is 60.9 Å². The van der Waals surface area contributed by atoms with E-state index in [1.807, 2.05) is 35.7 Å². The fourth-order valence-electron chi connectivity index (χ4n) is 4.97. The van der Waals surface area contributed by atoms with Crippen molar-refractivity contribution in [2.75, 3.05) is 12.0 Å². The number of aryl methyl sites for hydroxylation is 2. The highest BCUT2D eigenvalue weighted by Crippen LogP contribution is 2.45. The molecule has 0 aliphatic carbocycles. The minimum absolute atomic E-state index is 0.0974. The molecular formula is C30H23Cl2N5O4S2. The number of Topliss-reactive ketones (excluding diaryl/α,β-unsaturated/α-hetero) is 1. The summed E-state index contributed by atoms with van der Waals surface area (Å²) in [6.45, 7) is 3.71. The lowest BCUT2D eigenvalue weighted by molar-refractivity contribution is -0.132. The van der Waals surface area contributed by atoms with Gasteiger partial charge in [0.05, 0.1) is 24.4 Å². The van der Waals surface area contributed by atoms with Crippen LogP contribution in [0, 0.1) is 13.8 Å². The normalized spacial score (nSPS) is 16.4. The minimum atomic E-state index is -1.00. The van der Waals surface area contributed by atoms with Crippen molar-refractivity contribution < 1.29 is 19.4 Å². The number of hydrogen-bond acceptors (Lipinski definition) is 9. The Balaban J connectivity index is 1.44.